The number of imidazole rings is 1. The molecule has 4 aromatic rings. The second-order valence-corrected chi connectivity index (χ2v) is 8.87. The van der Waals surface area contributed by atoms with Gasteiger partial charge in [-0.2, -0.15) is 8.42 Å². The van der Waals surface area contributed by atoms with Crippen molar-refractivity contribution in [2.45, 2.75) is 13.3 Å². The van der Waals surface area contributed by atoms with Gasteiger partial charge in [-0.3, -0.25) is 4.40 Å². The summed E-state index contributed by atoms with van der Waals surface area (Å²) >= 11 is 1.66. The number of hydrogen-bond donors (Lipinski definition) is 3. The van der Waals surface area contributed by atoms with Gasteiger partial charge in [-0.1, -0.05) is 24.3 Å². The Hall–Kier alpha value is -2.53. The van der Waals surface area contributed by atoms with Crippen molar-refractivity contribution in [3.63, 3.8) is 0 Å². The maximum absolute atomic E-state index is 11.0. The Bertz CT molecular complexity index is 1280. The van der Waals surface area contributed by atoms with Crippen LogP contribution in [0.1, 0.15) is 11.3 Å². The number of rotatable bonds is 6. The standard InChI is InChI=1S/C18H20N6O2S2/c1-11-10-21-17-16(20-2)23-14-9-15(27-18(14)24(11)17)13-5-3-4-12(8-13)6-7-22-28(19,25)26/h3-5,8-10,22H,6-7H2,1-2H3,(H,20,23)(H2,19,25,26). The zero-order chi connectivity index (χ0) is 19.9. The zero-order valence-corrected chi connectivity index (χ0v) is 17.1. The van der Waals surface area contributed by atoms with E-state index in [4.69, 9.17) is 10.1 Å². The van der Waals surface area contributed by atoms with Gasteiger partial charge in [0.05, 0.1) is 0 Å². The molecule has 0 aliphatic heterocycles. The maximum Gasteiger partial charge on any atom is 0.274 e. The first-order valence-corrected chi connectivity index (χ1v) is 11.0. The van der Waals surface area contributed by atoms with E-state index in [1.165, 1.54) is 0 Å². The van der Waals surface area contributed by atoms with Crippen molar-refractivity contribution in [3.05, 3.63) is 47.8 Å². The van der Waals surface area contributed by atoms with Crippen LogP contribution >= 0.6 is 11.3 Å². The van der Waals surface area contributed by atoms with Crippen LogP contribution in [0.4, 0.5) is 5.82 Å². The Balaban J connectivity index is 1.73. The molecule has 4 rings (SSSR count). The van der Waals surface area contributed by atoms with E-state index in [9.17, 15) is 8.42 Å². The molecule has 0 fully saturated rings. The first-order valence-electron chi connectivity index (χ1n) is 8.68. The van der Waals surface area contributed by atoms with E-state index in [2.05, 4.69) is 31.6 Å². The molecule has 0 saturated carbocycles. The van der Waals surface area contributed by atoms with Crippen LogP contribution in [0, 0.1) is 6.92 Å². The van der Waals surface area contributed by atoms with Crippen LogP contribution in [0.3, 0.4) is 0 Å². The zero-order valence-electron chi connectivity index (χ0n) is 15.4. The summed E-state index contributed by atoms with van der Waals surface area (Å²) in [5.74, 6) is 0.743. The summed E-state index contributed by atoms with van der Waals surface area (Å²) in [5, 5.41) is 8.09. The number of fused-ring (bicyclic) bond motifs is 3. The van der Waals surface area contributed by atoms with Crippen molar-refractivity contribution in [1.29, 1.82) is 0 Å². The van der Waals surface area contributed by atoms with E-state index in [0.29, 0.717) is 6.42 Å². The summed E-state index contributed by atoms with van der Waals surface area (Å²) in [6.07, 6.45) is 2.40. The van der Waals surface area contributed by atoms with Gasteiger partial charge in [0, 0.05) is 30.4 Å². The Labute approximate surface area is 166 Å². The molecule has 3 heterocycles. The lowest BCUT2D eigenvalue weighted by molar-refractivity contribution is 0.583. The maximum atomic E-state index is 11.0. The van der Waals surface area contributed by atoms with Gasteiger partial charge >= 0.3 is 0 Å². The average molecular weight is 417 g/mol. The summed E-state index contributed by atoms with van der Waals surface area (Å²) < 4.78 is 26.5. The molecule has 1 aromatic carbocycles. The number of aryl methyl sites for hydroxylation is 1. The monoisotopic (exact) mass is 416 g/mol. The van der Waals surface area contributed by atoms with E-state index in [0.717, 1.165) is 43.5 Å². The van der Waals surface area contributed by atoms with Crippen molar-refractivity contribution >= 4 is 43.4 Å². The second-order valence-electron chi connectivity index (χ2n) is 6.46. The van der Waals surface area contributed by atoms with Crippen LogP contribution in [0.15, 0.2) is 36.5 Å². The summed E-state index contributed by atoms with van der Waals surface area (Å²) in [7, 11) is -1.83. The topological polar surface area (TPSA) is 114 Å². The summed E-state index contributed by atoms with van der Waals surface area (Å²) in [6, 6.07) is 10.1. The number of anilines is 1. The highest BCUT2D eigenvalue weighted by molar-refractivity contribution is 7.87. The number of nitrogens with zero attached hydrogens (tertiary/aromatic N) is 3. The van der Waals surface area contributed by atoms with Crippen molar-refractivity contribution in [2.75, 3.05) is 18.9 Å². The first kappa shape index (κ1) is 18.8. The lowest BCUT2D eigenvalue weighted by Crippen LogP contribution is -2.32. The minimum atomic E-state index is -3.67. The van der Waals surface area contributed by atoms with Crippen LogP contribution in [0.5, 0.6) is 0 Å². The number of benzene rings is 1. The number of aromatic nitrogens is 3. The number of thiophene rings is 1. The molecule has 0 radical (unpaired) electrons. The lowest BCUT2D eigenvalue weighted by atomic mass is 10.1. The molecule has 0 unspecified atom stereocenters. The summed E-state index contributed by atoms with van der Waals surface area (Å²) in [5.41, 5.74) is 4.85. The van der Waals surface area contributed by atoms with E-state index in [1.807, 2.05) is 38.4 Å². The Kier molecular flexibility index (Phi) is 4.79. The minimum absolute atomic E-state index is 0.261. The van der Waals surface area contributed by atoms with Crippen molar-refractivity contribution in [3.8, 4) is 10.4 Å². The van der Waals surface area contributed by atoms with Crippen LogP contribution in [0.25, 0.3) is 26.4 Å². The van der Waals surface area contributed by atoms with Crippen molar-refractivity contribution in [2.24, 2.45) is 5.14 Å². The van der Waals surface area contributed by atoms with Gasteiger partial charge in [0.2, 0.25) is 0 Å². The predicted molar refractivity (Wildman–Crippen MR) is 113 cm³/mol. The number of nitrogens with one attached hydrogen (secondary N) is 2. The molecule has 0 saturated heterocycles. The molecule has 28 heavy (non-hydrogen) atoms. The molecule has 0 bridgehead atoms. The third-order valence-corrected chi connectivity index (χ3v) is 6.21. The molecule has 0 aliphatic rings. The largest absolute Gasteiger partial charge is 0.370 e. The predicted octanol–water partition coefficient (Wildman–Crippen LogP) is 2.30. The minimum Gasteiger partial charge on any atom is -0.370 e. The van der Waals surface area contributed by atoms with Crippen molar-refractivity contribution in [1.82, 2.24) is 19.1 Å². The summed E-state index contributed by atoms with van der Waals surface area (Å²) in [4.78, 5) is 11.3. The third-order valence-electron chi connectivity index (χ3n) is 4.44. The normalized spacial score (nSPS) is 12.1. The Morgan fingerprint density at radius 3 is 2.86 bits per heavy atom. The number of hydrogen-bond acceptors (Lipinski definition) is 6. The number of nitrogens with two attached hydrogens (primary N) is 1. The van der Waals surface area contributed by atoms with Gasteiger partial charge in [-0.05, 0) is 30.5 Å². The average Bonchev–Trinajstić information content (AvgIpc) is 3.24. The van der Waals surface area contributed by atoms with Crippen molar-refractivity contribution < 1.29 is 8.42 Å². The van der Waals surface area contributed by atoms with E-state index in [1.54, 1.807) is 11.3 Å². The highest BCUT2D eigenvalue weighted by Gasteiger charge is 2.15. The smallest absolute Gasteiger partial charge is 0.274 e. The fraction of sp³-hybridized carbons (Fsp3) is 0.222. The molecule has 0 aliphatic carbocycles. The van der Waals surface area contributed by atoms with Gasteiger partial charge in [0.1, 0.15) is 10.3 Å². The lowest BCUT2D eigenvalue weighted by Gasteiger charge is -2.05. The molecule has 4 N–H and O–H groups in total. The van der Waals surface area contributed by atoms with Gasteiger partial charge in [-0.15, -0.1) is 11.3 Å². The van der Waals surface area contributed by atoms with E-state index >= 15 is 0 Å². The third kappa shape index (κ3) is 3.59. The van der Waals surface area contributed by atoms with Gasteiger partial charge in [-0.25, -0.2) is 19.8 Å². The van der Waals surface area contributed by atoms with Crippen LogP contribution in [-0.2, 0) is 16.6 Å². The van der Waals surface area contributed by atoms with Gasteiger partial charge < -0.3 is 5.32 Å². The highest BCUT2D eigenvalue weighted by atomic mass is 32.2. The van der Waals surface area contributed by atoms with E-state index < -0.39 is 10.2 Å². The molecule has 0 spiro atoms. The van der Waals surface area contributed by atoms with Crippen LogP contribution in [-0.4, -0.2) is 36.4 Å². The SMILES string of the molecule is CNc1nc2cc(-c3cccc(CCNS(N)(=O)=O)c3)sc2n2c(C)cnc12. The second kappa shape index (κ2) is 7.13. The van der Waals surface area contributed by atoms with E-state index in [-0.39, 0.29) is 6.54 Å². The molecule has 0 atom stereocenters. The molecule has 0 amide bonds. The van der Waals surface area contributed by atoms with Gasteiger partial charge in [0.25, 0.3) is 10.2 Å². The molecule has 146 valence electrons. The summed E-state index contributed by atoms with van der Waals surface area (Å²) in [6.45, 7) is 2.29. The first-order chi connectivity index (χ1) is 13.4. The highest BCUT2D eigenvalue weighted by Crippen LogP contribution is 2.35. The molecular formula is C18H20N6O2S2. The van der Waals surface area contributed by atoms with Crippen LogP contribution in [0.2, 0.25) is 0 Å². The molecule has 3 aromatic heterocycles. The van der Waals surface area contributed by atoms with Gasteiger partial charge in [0.15, 0.2) is 11.5 Å². The molecule has 8 nitrogen and oxygen atoms in total. The fourth-order valence-electron chi connectivity index (χ4n) is 3.17. The fourth-order valence-corrected chi connectivity index (χ4v) is 4.71. The Morgan fingerprint density at radius 1 is 1.29 bits per heavy atom. The molecule has 10 heteroatoms. The quantitative estimate of drug-likeness (QED) is 0.446. The molecular weight excluding hydrogens is 396 g/mol. The Morgan fingerprint density at radius 2 is 2.11 bits per heavy atom. The van der Waals surface area contributed by atoms with Crippen LogP contribution < -0.4 is 15.2 Å².